The van der Waals surface area contributed by atoms with Crippen molar-refractivity contribution in [2.45, 2.75) is 53.5 Å². The molecular formula is C22H27ClN2O2. The lowest BCUT2D eigenvalue weighted by Crippen LogP contribution is -2.55. The van der Waals surface area contributed by atoms with Crippen LogP contribution >= 0.6 is 11.6 Å². The summed E-state index contributed by atoms with van der Waals surface area (Å²) >= 11 is 6.23. The van der Waals surface area contributed by atoms with E-state index in [4.69, 9.17) is 11.6 Å². The highest BCUT2D eigenvalue weighted by molar-refractivity contribution is 6.31. The van der Waals surface area contributed by atoms with E-state index in [1.54, 1.807) is 12.1 Å². The van der Waals surface area contributed by atoms with E-state index in [-0.39, 0.29) is 11.8 Å². The number of nitrogens with one attached hydrogen (secondary N) is 1. The van der Waals surface area contributed by atoms with Crippen LogP contribution in [-0.2, 0) is 6.42 Å². The number of carbonyl (C=O) groups excluding carboxylic acids is 2. The average Bonchev–Trinajstić information content (AvgIpc) is 2.56. The fraction of sp³-hybridized carbons (Fsp3) is 0.364. The Balaban J connectivity index is 2.33. The highest BCUT2D eigenvalue weighted by Crippen LogP contribution is 2.20. The third kappa shape index (κ3) is 5.10. The fourth-order valence-corrected chi connectivity index (χ4v) is 3.21. The molecule has 27 heavy (non-hydrogen) atoms. The molecule has 0 aliphatic rings. The molecule has 0 bridgehead atoms. The van der Waals surface area contributed by atoms with Gasteiger partial charge in [0.1, 0.15) is 0 Å². The van der Waals surface area contributed by atoms with Gasteiger partial charge in [0.25, 0.3) is 11.8 Å². The molecule has 2 amide bonds. The quantitative estimate of drug-likeness (QED) is 0.745. The van der Waals surface area contributed by atoms with Crippen molar-refractivity contribution in [2.75, 3.05) is 0 Å². The summed E-state index contributed by atoms with van der Waals surface area (Å²) in [6.45, 7) is 11.5. The number of rotatable bonds is 3. The number of hydrazine groups is 1. The molecule has 2 aromatic rings. The van der Waals surface area contributed by atoms with E-state index in [2.05, 4.69) is 5.43 Å². The van der Waals surface area contributed by atoms with E-state index < -0.39 is 5.54 Å². The average molecular weight is 387 g/mol. The van der Waals surface area contributed by atoms with Gasteiger partial charge in [0.2, 0.25) is 0 Å². The van der Waals surface area contributed by atoms with Crippen LogP contribution in [0.3, 0.4) is 0 Å². The van der Waals surface area contributed by atoms with Crippen molar-refractivity contribution < 1.29 is 9.59 Å². The molecule has 1 N–H and O–H groups in total. The Bertz CT molecular complexity index is 849. The lowest BCUT2D eigenvalue weighted by Gasteiger charge is -2.35. The van der Waals surface area contributed by atoms with Crippen LogP contribution < -0.4 is 5.43 Å². The summed E-state index contributed by atoms with van der Waals surface area (Å²) in [7, 11) is 0. The van der Waals surface area contributed by atoms with Crippen LogP contribution in [0.1, 0.15) is 65.1 Å². The Kier molecular flexibility index (Phi) is 6.32. The molecule has 0 spiro atoms. The van der Waals surface area contributed by atoms with Crippen LogP contribution in [0.4, 0.5) is 0 Å². The lowest BCUT2D eigenvalue weighted by atomic mass is 10.0. The van der Waals surface area contributed by atoms with Gasteiger partial charge >= 0.3 is 0 Å². The van der Waals surface area contributed by atoms with Gasteiger partial charge in [-0.15, -0.1) is 0 Å². The Morgan fingerprint density at radius 3 is 2.07 bits per heavy atom. The zero-order valence-electron chi connectivity index (χ0n) is 16.8. The standard InChI is InChI=1S/C22H27ClN2O2/c1-7-16-8-9-17(13-19(16)23)20(26)24-25(22(4,5)6)21(27)18-11-14(2)10-15(3)12-18/h8-13H,7H2,1-6H3,(H,24,26). The van der Waals surface area contributed by atoms with E-state index in [9.17, 15) is 9.59 Å². The van der Waals surface area contributed by atoms with Gasteiger partial charge in [-0.2, -0.15) is 0 Å². The second-order valence-corrected chi connectivity index (χ2v) is 8.20. The maximum Gasteiger partial charge on any atom is 0.272 e. The second kappa shape index (κ2) is 8.13. The van der Waals surface area contributed by atoms with Crippen molar-refractivity contribution in [2.24, 2.45) is 0 Å². The minimum absolute atomic E-state index is 0.251. The van der Waals surface area contributed by atoms with Crippen molar-refractivity contribution in [1.82, 2.24) is 10.4 Å². The molecule has 0 heterocycles. The Labute approximate surface area is 166 Å². The van der Waals surface area contributed by atoms with Crippen LogP contribution in [0.25, 0.3) is 0 Å². The van der Waals surface area contributed by atoms with Gasteiger partial charge < -0.3 is 0 Å². The molecule has 5 heteroatoms. The summed E-state index contributed by atoms with van der Waals surface area (Å²) in [5, 5.41) is 1.93. The first-order chi connectivity index (χ1) is 12.5. The van der Waals surface area contributed by atoms with E-state index in [1.165, 1.54) is 5.01 Å². The highest BCUT2D eigenvalue weighted by atomic mass is 35.5. The van der Waals surface area contributed by atoms with Crippen molar-refractivity contribution in [3.8, 4) is 0 Å². The molecule has 0 unspecified atom stereocenters. The molecule has 0 aliphatic heterocycles. The van der Waals surface area contributed by atoms with Crippen molar-refractivity contribution in [3.63, 3.8) is 0 Å². The predicted octanol–water partition coefficient (Wildman–Crippen LogP) is 5.10. The van der Waals surface area contributed by atoms with Gasteiger partial charge in [-0.1, -0.05) is 41.8 Å². The molecule has 144 valence electrons. The van der Waals surface area contributed by atoms with Gasteiger partial charge in [-0.25, -0.2) is 5.01 Å². The third-order valence-corrected chi connectivity index (χ3v) is 4.60. The Morgan fingerprint density at radius 1 is 1.00 bits per heavy atom. The van der Waals surface area contributed by atoms with Crippen LogP contribution in [0.5, 0.6) is 0 Å². The number of benzene rings is 2. The summed E-state index contributed by atoms with van der Waals surface area (Å²) in [6.07, 6.45) is 0.792. The maximum absolute atomic E-state index is 13.1. The first-order valence-electron chi connectivity index (χ1n) is 9.05. The summed E-state index contributed by atoms with van der Waals surface area (Å²) < 4.78 is 0. The summed E-state index contributed by atoms with van der Waals surface area (Å²) in [5.74, 6) is -0.619. The molecule has 0 fully saturated rings. The monoisotopic (exact) mass is 386 g/mol. The highest BCUT2D eigenvalue weighted by Gasteiger charge is 2.30. The number of nitrogens with zero attached hydrogens (tertiary/aromatic N) is 1. The van der Waals surface area contributed by atoms with Gasteiger partial charge in [0.15, 0.2) is 0 Å². The molecule has 0 saturated heterocycles. The van der Waals surface area contributed by atoms with Gasteiger partial charge in [-0.3, -0.25) is 15.0 Å². The second-order valence-electron chi connectivity index (χ2n) is 7.79. The van der Waals surface area contributed by atoms with Crippen LogP contribution in [-0.4, -0.2) is 22.4 Å². The molecule has 0 aromatic heterocycles. The Morgan fingerprint density at radius 2 is 1.59 bits per heavy atom. The van der Waals surface area contributed by atoms with Crippen molar-refractivity contribution in [3.05, 3.63) is 69.2 Å². The predicted molar refractivity (Wildman–Crippen MR) is 110 cm³/mol. The molecule has 0 radical (unpaired) electrons. The minimum Gasteiger partial charge on any atom is -0.267 e. The third-order valence-electron chi connectivity index (χ3n) is 4.25. The molecule has 0 atom stereocenters. The SMILES string of the molecule is CCc1ccc(C(=O)NN(C(=O)c2cc(C)cc(C)c2)C(C)(C)C)cc1Cl. The summed E-state index contributed by atoms with van der Waals surface area (Å²) in [6, 6.07) is 10.9. The van der Waals surface area contributed by atoms with Crippen LogP contribution in [0.2, 0.25) is 5.02 Å². The summed E-state index contributed by atoms with van der Waals surface area (Å²) in [5.41, 5.74) is 6.10. The normalized spacial score (nSPS) is 11.2. The zero-order valence-corrected chi connectivity index (χ0v) is 17.6. The number of amides is 2. The van der Waals surface area contributed by atoms with Gasteiger partial charge in [0, 0.05) is 16.1 Å². The zero-order chi connectivity index (χ0) is 20.4. The van der Waals surface area contributed by atoms with Crippen molar-refractivity contribution >= 4 is 23.4 Å². The molecule has 2 rings (SSSR count). The molecule has 2 aromatic carbocycles. The van der Waals surface area contributed by atoms with Crippen molar-refractivity contribution in [1.29, 1.82) is 0 Å². The fourth-order valence-electron chi connectivity index (χ4n) is 2.89. The molecule has 0 saturated carbocycles. The molecular weight excluding hydrogens is 360 g/mol. The van der Waals surface area contributed by atoms with E-state index in [0.29, 0.717) is 16.1 Å². The number of carbonyl (C=O) groups is 2. The molecule has 0 aliphatic carbocycles. The topological polar surface area (TPSA) is 49.4 Å². The van der Waals surface area contributed by atoms with E-state index >= 15 is 0 Å². The van der Waals surface area contributed by atoms with E-state index in [0.717, 1.165) is 23.1 Å². The van der Waals surface area contributed by atoms with Gasteiger partial charge in [0.05, 0.1) is 5.54 Å². The largest absolute Gasteiger partial charge is 0.272 e. The number of hydrogen-bond acceptors (Lipinski definition) is 2. The number of aryl methyl sites for hydroxylation is 3. The van der Waals surface area contributed by atoms with Crippen LogP contribution in [0, 0.1) is 13.8 Å². The molecule has 4 nitrogen and oxygen atoms in total. The lowest BCUT2D eigenvalue weighted by molar-refractivity contribution is 0.0358. The number of halogens is 1. The van der Waals surface area contributed by atoms with E-state index in [1.807, 2.05) is 65.8 Å². The maximum atomic E-state index is 13.1. The van der Waals surface area contributed by atoms with Crippen LogP contribution in [0.15, 0.2) is 36.4 Å². The first kappa shape index (κ1) is 21.0. The Hall–Kier alpha value is -2.33. The smallest absolute Gasteiger partial charge is 0.267 e. The van der Waals surface area contributed by atoms with Gasteiger partial charge in [-0.05, 0) is 70.9 Å². The summed E-state index contributed by atoms with van der Waals surface area (Å²) in [4.78, 5) is 25.9. The first-order valence-corrected chi connectivity index (χ1v) is 9.43. The minimum atomic E-state index is -0.600. The number of hydrogen-bond donors (Lipinski definition) is 1.